The molecular formula is C18H17ClFNO3S. The number of ketones is 1. The van der Waals surface area contributed by atoms with E-state index >= 15 is 0 Å². The summed E-state index contributed by atoms with van der Waals surface area (Å²) in [4.78, 5) is 14.3. The normalized spacial score (nSPS) is 15.8. The van der Waals surface area contributed by atoms with Crippen molar-refractivity contribution in [3.8, 4) is 0 Å². The molecule has 1 fully saturated rings. The SMILES string of the molecule is O=C(CN1CC(CS(=O)(=O)c2ccc(F)cc2)C1)c1ccccc1Cl. The van der Waals surface area contributed by atoms with Crippen molar-refractivity contribution in [3.05, 3.63) is 64.9 Å². The first-order chi connectivity index (χ1) is 11.8. The molecule has 0 aromatic heterocycles. The second kappa shape index (κ2) is 7.23. The van der Waals surface area contributed by atoms with Crippen molar-refractivity contribution in [1.29, 1.82) is 0 Å². The van der Waals surface area contributed by atoms with Crippen LogP contribution in [0.3, 0.4) is 0 Å². The minimum Gasteiger partial charge on any atom is -0.295 e. The van der Waals surface area contributed by atoms with Crippen molar-refractivity contribution in [2.24, 2.45) is 5.92 Å². The Hall–Kier alpha value is -1.76. The summed E-state index contributed by atoms with van der Waals surface area (Å²) in [6, 6.07) is 11.7. The highest BCUT2D eigenvalue weighted by molar-refractivity contribution is 7.91. The Morgan fingerprint density at radius 3 is 2.40 bits per heavy atom. The number of hydrogen-bond acceptors (Lipinski definition) is 4. The quantitative estimate of drug-likeness (QED) is 0.570. The third-order valence-electron chi connectivity index (χ3n) is 4.20. The van der Waals surface area contributed by atoms with Gasteiger partial charge < -0.3 is 0 Å². The summed E-state index contributed by atoms with van der Waals surface area (Å²) >= 11 is 6.01. The van der Waals surface area contributed by atoms with Gasteiger partial charge in [-0.25, -0.2) is 12.8 Å². The van der Waals surface area contributed by atoms with E-state index in [1.807, 2.05) is 4.90 Å². The molecule has 4 nitrogen and oxygen atoms in total. The maximum absolute atomic E-state index is 12.9. The topological polar surface area (TPSA) is 54.5 Å². The molecule has 1 heterocycles. The summed E-state index contributed by atoms with van der Waals surface area (Å²) in [5.41, 5.74) is 0.478. The molecule has 0 bridgehead atoms. The molecule has 0 aliphatic carbocycles. The fraction of sp³-hybridized carbons (Fsp3) is 0.278. The summed E-state index contributed by atoms with van der Waals surface area (Å²) in [5.74, 6) is -0.582. The van der Waals surface area contributed by atoms with Gasteiger partial charge in [-0.1, -0.05) is 23.7 Å². The van der Waals surface area contributed by atoms with Crippen LogP contribution in [0.15, 0.2) is 53.4 Å². The number of carbonyl (C=O) groups excluding carboxylic acids is 1. The number of Topliss-reactive ketones (excluding diaryl/α,β-unsaturated/α-hetero) is 1. The molecule has 25 heavy (non-hydrogen) atoms. The van der Waals surface area contributed by atoms with Crippen LogP contribution in [-0.4, -0.2) is 44.5 Å². The van der Waals surface area contributed by atoms with Crippen LogP contribution in [0.1, 0.15) is 10.4 Å². The number of likely N-dealkylation sites (tertiary alicyclic amines) is 1. The average Bonchev–Trinajstić information content (AvgIpc) is 2.53. The molecule has 1 aliphatic rings. The minimum absolute atomic E-state index is 0.00455. The Morgan fingerprint density at radius 1 is 1.12 bits per heavy atom. The maximum Gasteiger partial charge on any atom is 0.178 e. The third kappa shape index (κ3) is 4.26. The van der Waals surface area contributed by atoms with Crippen molar-refractivity contribution in [1.82, 2.24) is 4.90 Å². The minimum atomic E-state index is -3.45. The molecule has 0 spiro atoms. The van der Waals surface area contributed by atoms with Crippen molar-refractivity contribution >= 4 is 27.2 Å². The van der Waals surface area contributed by atoms with Gasteiger partial charge in [-0.3, -0.25) is 9.69 Å². The fourth-order valence-corrected chi connectivity index (χ4v) is 4.75. The van der Waals surface area contributed by atoms with Crippen LogP contribution in [0.25, 0.3) is 0 Å². The Morgan fingerprint density at radius 2 is 1.76 bits per heavy atom. The Balaban J connectivity index is 1.53. The van der Waals surface area contributed by atoms with Gasteiger partial charge in [-0.15, -0.1) is 0 Å². The molecule has 0 N–H and O–H groups in total. The zero-order valence-corrected chi connectivity index (χ0v) is 14.9. The number of sulfone groups is 1. The standard InChI is InChI=1S/C18H17ClFNO3S/c19-17-4-2-1-3-16(17)18(22)11-21-9-13(10-21)12-25(23,24)15-7-5-14(20)6-8-15/h1-8,13H,9-12H2. The monoisotopic (exact) mass is 381 g/mol. The predicted molar refractivity (Wildman–Crippen MR) is 94.2 cm³/mol. The Kier molecular flexibility index (Phi) is 5.22. The van der Waals surface area contributed by atoms with Gasteiger partial charge in [0.25, 0.3) is 0 Å². The lowest BCUT2D eigenvalue weighted by Crippen LogP contribution is -2.51. The Labute approximate surface area is 151 Å². The van der Waals surface area contributed by atoms with Gasteiger partial charge in [0.2, 0.25) is 0 Å². The van der Waals surface area contributed by atoms with Crippen LogP contribution < -0.4 is 0 Å². The second-order valence-electron chi connectivity index (χ2n) is 6.20. The molecule has 0 amide bonds. The maximum atomic E-state index is 12.9. The highest BCUT2D eigenvalue weighted by atomic mass is 35.5. The molecule has 132 valence electrons. The first-order valence-corrected chi connectivity index (χ1v) is 9.86. The predicted octanol–water partition coefficient (Wildman–Crippen LogP) is 3.07. The van der Waals surface area contributed by atoms with Gasteiger partial charge in [-0.2, -0.15) is 0 Å². The number of carbonyl (C=O) groups is 1. The van der Waals surface area contributed by atoms with E-state index in [4.69, 9.17) is 11.6 Å². The zero-order chi connectivity index (χ0) is 18.0. The number of hydrogen-bond donors (Lipinski definition) is 0. The van der Waals surface area contributed by atoms with Crippen molar-refractivity contribution < 1.29 is 17.6 Å². The lowest BCUT2D eigenvalue weighted by atomic mass is 10.0. The Bertz CT molecular complexity index is 877. The summed E-state index contributed by atoms with van der Waals surface area (Å²) in [6.07, 6.45) is 0. The molecule has 2 aromatic carbocycles. The molecule has 3 rings (SSSR count). The largest absolute Gasteiger partial charge is 0.295 e. The van der Waals surface area contributed by atoms with E-state index in [0.29, 0.717) is 23.7 Å². The molecular weight excluding hydrogens is 365 g/mol. The van der Waals surface area contributed by atoms with Gasteiger partial charge in [0, 0.05) is 18.7 Å². The van der Waals surface area contributed by atoms with Gasteiger partial charge in [-0.05, 0) is 42.3 Å². The first kappa shape index (κ1) is 18.0. The van der Waals surface area contributed by atoms with Crippen LogP contribution in [0.2, 0.25) is 5.02 Å². The van der Waals surface area contributed by atoms with E-state index < -0.39 is 15.7 Å². The smallest absolute Gasteiger partial charge is 0.178 e. The third-order valence-corrected chi connectivity index (χ3v) is 6.43. The van der Waals surface area contributed by atoms with Gasteiger partial charge in [0.15, 0.2) is 15.6 Å². The van der Waals surface area contributed by atoms with Crippen LogP contribution in [0.5, 0.6) is 0 Å². The molecule has 0 atom stereocenters. The lowest BCUT2D eigenvalue weighted by Gasteiger charge is -2.38. The van der Waals surface area contributed by atoms with E-state index in [1.165, 1.54) is 12.1 Å². The highest BCUT2D eigenvalue weighted by Gasteiger charge is 2.32. The fourth-order valence-electron chi connectivity index (χ4n) is 2.94. The van der Waals surface area contributed by atoms with E-state index in [-0.39, 0.29) is 28.9 Å². The van der Waals surface area contributed by atoms with Crippen molar-refractivity contribution in [2.45, 2.75) is 4.90 Å². The van der Waals surface area contributed by atoms with Crippen molar-refractivity contribution in [3.63, 3.8) is 0 Å². The second-order valence-corrected chi connectivity index (χ2v) is 8.64. The number of rotatable bonds is 6. The molecule has 7 heteroatoms. The van der Waals surface area contributed by atoms with E-state index in [2.05, 4.69) is 0 Å². The van der Waals surface area contributed by atoms with Gasteiger partial charge >= 0.3 is 0 Å². The van der Waals surface area contributed by atoms with Gasteiger partial charge in [0.1, 0.15) is 5.82 Å². The summed E-state index contributed by atoms with van der Waals surface area (Å²) in [5, 5.41) is 0.420. The molecule has 0 saturated carbocycles. The number of nitrogens with zero attached hydrogens (tertiary/aromatic N) is 1. The lowest BCUT2D eigenvalue weighted by molar-refractivity contribution is 0.0771. The zero-order valence-electron chi connectivity index (χ0n) is 13.4. The molecule has 2 aromatic rings. The average molecular weight is 382 g/mol. The summed E-state index contributed by atoms with van der Waals surface area (Å²) < 4.78 is 37.5. The molecule has 0 radical (unpaired) electrons. The first-order valence-electron chi connectivity index (χ1n) is 7.83. The highest BCUT2D eigenvalue weighted by Crippen LogP contribution is 2.23. The van der Waals surface area contributed by atoms with E-state index in [9.17, 15) is 17.6 Å². The molecule has 1 saturated heterocycles. The van der Waals surface area contributed by atoms with Crippen LogP contribution in [0.4, 0.5) is 4.39 Å². The number of halogens is 2. The summed E-state index contributed by atoms with van der Waals surface area (Å²) in [6.45, 7) is 1.30. The van der Waals surface area contributed by atoms with Gasteiger partial charge in [0.05, 0.1) is 22.2 Å². The molecule has 1 aliphatic heterocycles. The van der Waals surface area contributed by atoms with E-state index in [1.54, 1.807) is 24.3 Å². The van der Waals surface area contributed by atoms with Crippen LogP contribution >= 0.6 is 11.6 Å². The molecule has 0 unspecified atom stereocenters. The van der Waals surface area contributed by atoms with Crippen LogP contribution in [-0.2, 0) is 9.84 Å². The summed E-state index contributed by atoms with van der Waals surface area (Å²) in [7, 11) is -3.45. The van der Waals surface area contributed by atoms with Crippen LogP contribution in [0, 0.1) is 11.7 Å². The van der Waals surface area contributed by atoms with Crippen molar-refractivity contribution in [2.75, 3.05) is 25.4 Å². The number of benzene rings is 2. The van der Waals surface area contributed by atoms with E-state index in [0.717, 1.165) is 12.1 Å².